The van der Waals surface area contributed by atoms with Crippen molar-refractivity contribution in [3.8, 4) is 0 Å². The number of fused-ring (bicyclic) bond motifs is 2. The van der Waals surface area contributed by atoms with Crippen molar-refractivity contribution in [1.82, 2.24) is 0 Å². The van der Waals surface area contributed by atoms with Crippen LogP contribution in [0.1, 0.15) is 25.0 Å². The van der Waals surface area contributed by atoms with Crippen molar-refractivity contribution >= 4 is 50.9 Å². The SMILES string of the molecule is CCOC(=O)C1N(c2ccccc2)C(c2ccccc2)=NC12C(=O)N(C(C)=O)c1ccc(Br)cc12. The number of nitrogens with zero attached hydrogens (tertiary/aromatic N) is 3. The number of rotatable bonds is 4. The van der Waals surface area contributed by atoms with Crippen LogP contribution in [0.4, 0.5) is 11.4 Å². The van der Waals surface area contributed by atoms with Gasteiger partial charge in [0.25, 0.3) is 5.91 Å². The van der Waals surface area contributed by atoms with Crippen molar-refractivity contribution < 1.29 is 19.1 Å². The number of aliphatic imine (C=N–C) groups is 1. The minimum absolute atomic E-state index is 0.130. The summed E-state index contributed by atoms with van der Waals surface area (Å²) in [5.74, 6) is -1.19. The Bertz CT molecular complexity index is 1360. The fourth-order valence-corrected chi connectivity index (χ4v) is 5.19. The van der Waals surface area contributed by atoms with Crippen molar-refractivity contribution in [2.24, 2.45) is 4.99 Å². The van der Waals surface area contributed by atoms with Crippen molar-refractivity contribution in [3.63, 3.8) is 0 Å². The molecule has 0 fully saturated rings. The van der Waals surface area contributed by atoms with Crippen molar-refractivity contribution in [2.75, 3.05) is 16.4 Å². The summed E-state index contributed by atoms with van der Waals surface area (Å²) in [5, 5.41) is 0. The molecule has 0 N–H and O–H groups in total. The summed E-state index contributed by atoms with van der Waals surface area (Å²) in [6.07, 6.45) is 0. The number of hydrogen-bond donors (Lipinski definition) is 0. The summed E-state index contributed by atoms with van der Waals surface area (Å²) < 4.78 is 6.22. The molecular formula is C27H22BrN3O4. The number of amides is 2. The van der Waals surface area contributed by atoms with Gasteiger partial charge in [-0.2, -0.15) is 0 Å². The number of para-hydroxylation sites is 1. The minimum Gasteiger partial charge on any atom is -0.464 e. The second-order valence-corrected chi connectivity index (χ2v) is 9.16. The zero-order valence-corrected chi connectivity index (χ0v) is 20.7. The van der Waals surface area contributed by atoms with Gasteiger partial charge in [-0.15, -0.1) is 0 Å². The highest BCUT2D eigenvalue weighted by Gasteiger charge is 2.66. The first-order valence-corrected chi connectivity index (χ1v) is 12.0. The Hall–Kier alpha value is -3.78. The molecule has 2 amide bonds. The molecule has 0 saturated carbocycles. The Morgan fingerprint density at radius 1 is 1.03 bits per heavy atom. The average molecular weight is 532 g/mol. The maximum atomic E-state index is 14.2. The predicted molar refractivity (Wildman–Crippen MR) is 136 cm³/mol. The molecule has 0 saturated heterocycles. The highest BCUT2D eigenvalue weighted by molar-refractivity contribution is 9.10. The van der Waals surface area contributed by atoms with E-state index in [-0.39, 0.29) is 6.61 Å². The molecule has 0 radical (unpaired) electrons. The van der Waals surface area contributed by atoms with Crippen LogP contribution in [0.25, 0.3) is 0 Å². The quantitative estimate of drug-likeness (QED) is 0.465. The third kappa shape index (κ3) is 3.47. The Morgan fingerprint density at radius 3 is 2.31 bits per heavy atom. The van der Waals surface area contributed by atoms with E-state index < -0.39 is 29.4 Å². The van der Waals surface area contributed by atoms with Crippen LogP contribution in [0.5, 0.6) is 0 Å². The Kier molecular flexibility index (Phi) is 5.76. The Morgan fingerprint density at radius 2 is 1.69 bits per heavy atom. The van der Waals surface area contributed by atoms with Crippen molar-refractivity contribution in [3.05, 3.63) is 94.5 Å². The smallest absolute Gasteiger partial charge is 0.332 e. The molecule has 3 aromatic rings. The standard InChI is InChI=1S/C27H22BrN3O4/c1-3-35-25(33)23-27(21-16-19(28)14-15-22(21)30(17(2)32)26(27)34)29-24(18-10-6-4-7-11-18)31(23)20-12-8-5-9-13-20/h4-16,23H,3H2,1-2H3. The Labute approximate surface area is 211 Å². The van der Waals surface area contributed by atoms with E-state index in [1.54, 1.807) is 30.0 Å². The largest absolute Gasteiger partial charge is 0.464 e. The first-order valence-electron chi connectivity index (χ1n) is 11.2. The van der Waals surface area contributed by atoms with Crippen LogP contribution in [0, 0.1) is 0 Å². The molecule has 176 valence electrons. The zero-order valence-electron chi connectivity index (χ0n) is 19.1. The number of halogens is 1. The van der Waals surface area contributed by atoms with Crippen LogP contribution in [0.15, 0.2) is 88.3 Å². The topological polar surface area (TPSA) is 79.3 Å². The number of hydrogen-bond acceptors (Lipinski definition) is 6. The molecule has 0 bridgehead atoms. The van der Waals surface area contributed by atoms with E-state index in [2.05, 4.69) is 15.9 Å². The lowest BCUT2D eigenvalue weighted by atomic mass is 9.84. The molecule has 8 heteroatoms. The van der Waals surface area contributed by atoms with Gasteiger partial charge in [0.2, 0.25) is 11.4 Å². The van der Waals surface area contributed by atoms with E-state index in [9.17, 15) is 14.4 Å². The van der Waals surface area contributed by atoms with Crippen LogP contribution >= 0.6 is 15.9 Å². The van der Waals surface area contributed by atoms with E-state index in [0.717, 1.165) is 10.5 Å². The first kappa shape index (κ1) is 23.0. The zero-order chi connectivity index (χ0) is 24.7. The third-order valence-electron chi connectivity index (χ3n) is 6.19. The van der Waals surface area contributed by atoms with E-state index >= 15 is 0 Å². The number of anilines is 2. The Balaban J connectivity index is 1.86. The summed E-state index contributed by atoms with van der Waals surface area (Å²) in [6, 6.07) is 22.7. The van der Waals surface area contributed by atoms with E-state index in [0.29, 0.717) is 27.2 Å². The van der Waals surface area contributed by atoms with E-state index in [1.807, 2.05) is 60.7 Å². The van der Waals surface area contributed by atoms with Gasteiger partial charge < -0.3 is 9.64 Å². The highest BCUT2D eigenvalue weighted by atomic mass is 79.9. The molecule has 5 rings (SSSR count). The maximum absolute atomic E-state index is 14.2. The molecule has 2 unspecified atom stereocenters. The molecule has 7 nitrogen and oxygen atoms in total. The number of carbonyl (C=O) groups excluding carboxylic acids is 3. The monoisotopic (exact) mass is 531 g/mol. The number of esters is 1. The summed E-state index contributed by atoms with van der Waals surface area (Å²) in [7, 11) is 0. The van der Waals surface area contributed by atoms with Crippen molar-refractivity contribution in [1.29, 1.82) is 0 Å². The number of amidine groups is 1. The summed E-state index contributed by atoms with van der Waals surface area (Å²) in [4.78, 5) is 48.4. The number of benzene rings is 3. The van der Waals surface area contributed by atoms with E-state index in [4.69, 9.17) is 9.73 Å². The number of imide groups is 1. The normalized spacial score (nSPS) is 20.7. The van der Waals surface area contributed by atoms with Gasteiger partial charge in [-0.05, 0) is 37.3 Å². The van der Waals surface area contributed by atoms with E-state index in [1.165, 1.54) is 6.92 Å². The van der Waals surface area contributed by atoms with Gasteiger partial charge in [-0.1, -0.05) is 64.5 Å². The fourth-order valence-electron chi connectivity index (χ4n) is 4.83. The highest BCUT2D eigenvalue weighted by Crippen LogP contribution is 2.52. The molecular weight excluding hydrogens is 510 g/mol. The second-order valence-electron chi connectivity index (χ2n) is 8.25. The molecule has 2 atom stereocenters. The van der Waals surface area contributed by atoms with Crippen LogP contribution < -0.4 is 9.80 Å². The van der Waals surface area contributed by atoms with Crippen molar-refractivity contribution in [2.45, 2.75) is 25.4 Å². The third-order valence-corrected chi connectivity index (χ3v) is 6.69. The maximum Gasteiger partial charge on any atom is 0.332 e. The molecule has 2 heterocycles. The summed E-state index contributed by atoms with van der Waals surface area (Å²) in [6.45, 7) is 3.17. The molecule has 2 aliphatic rings. The average Bonchev–Trinajstić information content (AvgIpc) is 3.34. The van der Waals surface area contributed by atoms with Crippen LogP contribution in [0.2, 0.25) is 0 Å². The second kappa shape index (κ2) is 8.78. The van der Waals surface area contributed by atoms with Gasteiger partial charge in [-0.3, -0.25) is 9.59 Å². The molecule has 35 heavy (non-hydrogen) atoms. The molecule has 2 aliphatic heterocycles. The molecule has 0 aromatic heterocycles. The lowest BCUT2D eigenvalue weighted by Crippen LogP contribution is -2.56. The van der Waals surface area contributed by atoms with Gasteiger partial charge in [0, 0.05) is 28.2 Å². The van der Waals surface area contributed by atoms with Crippen LogP contribution in [-0.2, 0) is 24.7 Å². The summed E-state index contributed by atoms with van der Waals surface area (Å²) in [5.41, 5.74) is 0.574. The fraction of sp³-hybridized carbons (Fsp3) is 0.185. The number of carbonyl (C=O) groups is 3. The lowest BCUT2D eigenvalue weighted by molar-refractivity contribution is -0.148. The van der Waals surface area contributed by atoms with Gasteiger partial charge in [0.15, 0.2) is 6.04 Å². The molecule has 3 aromatic carbocycles. The minimum atomic E-state index is -1.71. The predicted octanol–water partition coefficient (Wildman–Crippen LogP) is 4.44. The van der Waals surface area contributed by atoms with Gasteiger partial charge in [0.05, 0.1) is 12.3 Å². The van der Waals surface area contributed by atoms with Crippen LogP contribution in [0.3, 0.4) is 0 Å². The van der Waals surface area contributed by atoms with Gasteiger partial charge in [-0.25, -0.2) is 14.7 Å². The van der Waals surface area contributed by atoms with Gasteiger partial charge in [0.1, 0.15) is 5.84 Å². The van der Waals surface area contributed by atoms with Gasteiger partial charge >= 0.3 is 5.97 Å². The molecule has 1 spiro atoms. The molecule has 0 aliphatic carbocycles. The summed E-state index contributed by atoms with van der Waals surface area (Å²) >= 11 is 3.49. The first-order chi connectivity index (χ1) is 16.9. The number of ether oxygens (including phenoxy) is 1. The lowest BCUT2D eigenvalue weighted by Gasteiger charge is -2.33. The van der Waals surface area contributed by atoms with Crippen LogP contribution in [-0.4, -0.2) is 36.3 Å².